The van der Waals surface area contributed by atoms with Crippen molar-refractivity contribution >= 4 is 5.91 Å². The molecule has 0 aromatic heterocycles. The molecule has 2 atom stereocenters. The highest BCUT2D eigenvalue weighted by Crippen LogP contribution is 2.43. The molecule has 1 N–H and O–H groups in total. The molecule has 3 aliphatic rings. The molecule has 4 nitrogen and oxygen atoms in total. The van der Waals surface area contributed by atoms with Crippen LogP contribution in [0.15, 0.2) is 0 Å². The zero-order valence-corrected chi connectivity index (χ0v) is 13.2. The predicted molar refractivity (Wildman–Crippen MR) is 80.3 cm³/mol. The van der Waals surface area contributed by atoms with Gasteiger partial charge in [-0.15, -0.1) is 0 Å². The molecule has 2 unspecified atom stereocenters. The summed E-state index contributed by atoms with van der Waals surface area (Å²) in [5, 5.41) is 3.60. The number of nitrogens with zero attached hydrogens (tertiary/aromatic N) is 2. The van der Waals surface area contributed by atoms with Crippen molar-refractivity contribution in [3.05, 3.63) is 0 Å². The summed E-state index contributed by atoms with van der Waals surface area (Å²) in [7, 11) is 0. The molecule has 1 spiro atoms. The van der Waals surface area contributed by atoms with Crippen LogP contribution < -0.4 is 5.32 Å². The molecule has 4 heteroatoms. The summed E-state index contributed by atoms with van der Waals surface area (Å²) in [6, 6.07) is 0. The lowest BCUT2D eigenvalue weighted by Gasteiger charge is -2.31. The minimum Gasteiger partial charge on any atom is -0.325 e. The van der Waals surface area contributed by atoms with Crippen LogP contribution in [0, 0.1) is 11.8 Å². The summed E-state index contributed by atoms with van der Waals surface area (Å²) < 4.78 is 0. The predicted octanol–water partition coefficient (Wildman–Crippen LogP) is 1.66. The quantitative estimate of drug-likeness (QED) is 0.831. The lowest BCUT2D eigenvalue weighted by molar-refractivity contribution is -0.131. The van der Waals surface area contributed by atoms with Gasteiger partial charge in [-0.25, -0.2) is 0 Å². The molecular formula is C16H29N3O. The Hall–Kier alpha value is -0.610. The Bertz CT molecular complexity index is 372. The van der Waals surface area contributed by atoms with Gasteiger partial charge in [0, 0.05) is 13.1 Å². The van der Waals surface area contributed by atoms with E-state index in [2.05, 4.69) is 35.9 Å². The fourth-order valence-electron chi connectivity index (χ4n) is 3.83. The lowest BCUT2D eigenvalue weighted by atomic mass is 10.1. The largest absolute Gasteiger partial charge is 0.325 e. The second kappa shape index (κ2) is 5.30. The maximum absolute atomic E-state index is 12.6. The number of rotatable bonds is 5. The van der Waals surface area contributed by atoms with Crippen LogP contribution in [0.25, 0.3) is 0 Å². The van der Waals surface area contributed by atoms with E-state index in [-0.39, 0.29) is 11.7 Å². The zero-order chi connectivity index (χ0) is 14.3. The van der Waals surface area contributed by atoms with E-state index in [0.717, 1.165) is 25.9 Å². The monoisotopic (exact) mass is 279 g/mol. The third-order valence-electron chi connectivity index (χ3n) is 5.09. The molecule has 2 heterocycles. The Morgan fingerprint density at radius 3 is 2.40 bits per heavy atom. The molecule has 3 rings (SSSR count). The van der Waals surface area contributed by atoms with Crippen LogP contribution in [0.4, 0.5) is 0 Å². The minimum absolute atomic E-state index is 0.164. The molecular weight excluding hydrogens is 250 g/mol. The van der Waals surface area contributed by atoms with Gasteiger partial charge in [-0.2, -0.15) is 0 Å². The van der Waals surface area contributed by atoms with Crippen molar-refractivity contribution in [3.8, 4) is 0 Å². The summed E-state index contributed by atoms with van der Waals surface area (Å²) in [6.07, 6.45) is 4.99. The standard InChI is InChI=1S/C16H29N3O/c1-12(2)14-17-16(6-7-16)15(20)19(14)11-13(3)10-18-8-4-5-9-18/h12-14,17H,4-11H2,1-3H3. The molecule has 2 saturated heterocycles. The second-order valence-corrected chi connectivity index (χ2v) is 7.49. The molecule has 20 heavy (non-hydrogen) atoms. The minimum atomic E-state index is -0.164. The molecule has 0 aromatic carbocycles. The van der Waals surface area contributed by atoms with E-state index < -0.39 is 0 Å². The Kier molecular flexibility index (Phi) is 3.80. The van der Waals surface area contributed by atoms with Gasteiger partial charge in [-0.05, 0) is 50.6 Å². The van der Waals surface area contributed by atoms with Gasteiger partial charge in [0.1, 0.15) is 0 Å². The number of nitrogens with one attached hydrogen (secondary N) is 1. The van der Waals surface area contributed by atoms with Crippen LogP contribution in [-0.2, 0) is 4.79 Å². The van der Waals surface area contributed by atoms with Crippen LogP contribution in [0.3, 0.4) is 0 Å². The molecule has 0 bridgehead atoms. The van der Waals surface area contributed by atoms with Crippen molar-refractivity contribution in [2.24, 2.45) is 11.8 Å². The molecule has 2 aliphatic heterocycles. The summed E-state index contributed by atoms with van der Waals surface area (Å²) in [6.45, 7) is 11.3. The Morgan fingerprint density at radius 1 is 1.20 bits per heavy atom. The maximum atomic E-state index is 12.6. The normalized spacial score (nSPS) is 30.7. The van der Waals surface area contributed by atoms with Gasteiger partial charge >= 0.3 is 0 Å². The van der Waals surface area contributed by atoms with E-state index >= 15 is 0 Å². The molecule has 1 amide bonds. The maximum Gasteiger partial charge on any atom is 0.244 e. The number of hydrogen-bond acceptors (Lipinski definition) is 3. The van der Waals surface area contributed by atoms with Gasteiger partial charge in [-0.3, -0.25) is 10.1 Å². The molecule has 114 valence electrons. The first-order valence-electron chi connectivity index (χ1n) is 8.33. The SMILES string of the molecule is CC(CN1CCCC1)CN1C(=O)C2(CC2)NC1C(C)C. The fraction of sp³-hybridized carbons (Fsp3) is 0.938. The average molecular weight is 279 g/mol. The van der Waals surface area contributed by atoms with Crippen molar-refractivity contribution in [3.63, 3.8) is 0 Å². The molecule has 0 radical (unpaired) electrons. The van der Waals surface area contributed by atoms with Gasteiger partial charge in [0.2, 0.25) is 5.91 Å². The van der Waals surface area contributed by atoms with Gasteiger partial charge in [-0.1, -0.05) is 20.8 Å². The van der Waals surface area contributed by atoms with Crippen molar-refractivity contribution < 1.29 is 4.79 Å². The number of hydrogen-bond donors (Lipinski definition) is 1. The summed E-state index contributed by atoms with van der Waals surface area (Å²) >= 11 is 0. The Morgan fingerprint density at radius 2 is 1.85 bits per heavy atom. The molecule has 1 aliphatic carbocycles. The van der Waals surface area contributed by atoms with Gasteiger partial charge in [0.25, 0.3) is 0 Å². The molecule has 0 aromatic rings. The molecule has 3 fully saturated rings. The Labute approximate surface area is 122 Å². The smallest absolute Gasteiger partial charge is 0.244 e. The van der Waals surface area contributed by atoms with Crippen molar-refractivity contribution in [2.75, 3.05) is 26.2 Å². The molecule has 1 saturated carbocycles. The van der Waals surface area contributed by atoms with E-state index in [1.54, 1.807) is 0 Å². The van der Waals surface area contributed by atoms with Crippen molar-refractivity contribution in [1.29, 1.82) is 0 Å². The third-order valence-corrected chi connectivity index (χ3v) is 5.09. The number of amides is 1. The van der Waals surface area contributed by atoms with E-state index in [9.17, 15) is 4.79 Å². The van der Waals surface area contributed by atoms with Crippen LogP contribution in [0.1, 0.15) is 46.5 Å². The van der Waals surface area contributed by atoms with E-state index in [0.29, 0.717) is 17.7 Å². The first-order valence-corrected chi connectivity index (χ1v) is 8.33. The Balaban J connectivity index is 1.60. The zero-order valence-electron chi connectivity index (χ0n) is 13.2. The van der Waals surface area contributed by atoms with E-state index in [1.807, 2.05) is 0 Å². The fourth-order valence-corrected chi connectivity index (χ4v) is 3.83. The van der Waals surface area contributed by atoms with E-state index in [4.69, 9.17) is 0 Å². The topological polar surface area (TPSA) is 35.6 Å². The highest BCUT2D eigenvalue weighted by molar-refractivity contribution is 5.91. The van der Waals surface area contributed by atoms with Crippen molar-refractivity contribution in [1.82, 2.24) is 15.1 Å². The van der Waals surface area contributed by atoms with Crippen molar-refractivity contribution in [2.45, 2.75) is 58.2 Å². The highest BCUT2D eigenvalue weighted by atomic mass is 16.2. The summed E-state index contributed by atoms with van der Waals surface area (Å²) in [4.78, 5) is 17.3. The number of carbonyl (C=O) groups is 1. The first kappa shape index (κ1) is 14.3. The second-order valence-electron chi connectivity index (χ2n) is 7.49. The van der Waals surface area contributed by atoms with Gasteiger partial charge in [0.15, 0.2) is 0 Å². The third kappa shape index (κ3) is 2.60. The number of likely N-dealkylation sites (tertiary alicyclic amines) is 1. The van der Waals surface area contributed by atoms with Gasteiger partial charge < -0.3 is 9.80 Å². The highest BCUT2D eigenvalue weighted by Gasteiger charge is 2.59. The van der Waals surface area contributed by atoms with Crippen LogP contribution >= 0.6 is 0 Å². The van der Waals surface area contributed by atoms with Crippen LogP contribution in [0.5, 0.6) is 0 Å². The van der Waals surface area contributed by atoms with Crippen LogP contribution in [-0.4, -0.2) is 53.6 Å². The van der Waals surface area contributed by atoms with Gasteiger partial charge in [0.05, 0.1) is 11.7 Å². The first-order chi connectivity index (χ1) is 9.52. The summed E-state index contributed by atoms with van der Waals surface area (Å²) in [5.74, 6) is 1.41. The average Bonchev–Trinajstić information content (AvgIpc) is 2.91. The summed E-state index contributed by atoms with van der Waals surface area (Å²) in [5.41, 5.74) is -0.164. The lowest BCUT2D eigenvalue weighted by Crippen LogP contribution is -2.44. The van der Waals surface area contributed by atoms with E-state index in [1.165, 1.54) is 25.9 Å². The number of carbonyl (C=O) groups excluding carboxylic acids is 1. The van der Waals surface area contributed by atoms with Crippen LogP contribution in [0.2, 0.25) is 0 Å².